The first kappa shape index (κ1) is 18.3. The average molecular weight is 379 g/mol. The van der Waals surface area contributed by atoms with Crippen LogP contribution in [0.5, 0.6) is 0 Å². The van der Waals surface area contributed by atoms with Crippen LogP contribution >= 0.6 is 0 Å². The molecule has 0 fully saturated rings. The number of pyridine rings is 2. The number of hydrogen-bond acceptors (Lipinski definition) is 5. The molecule has 0 radical (unpaired) electrons. The number of fused-ring (bicyclic) bond motifs is 4. The molecule has 144 valence electrons. The Hall–Kier alpha value is -3.03. The van der Waals surface area contributed by atoms with Gasteiger partial charge in [-0.15, -0.1) is 0 Å². The Bertz CT molecular complexity index is 1170. The third-order valence-electron chi connectivity index (χ3n) is 5.49. The van der Waals surface area contributed by atoms with Gasteiger partial charge in [-0.25, -0.2) is 4.98 Å². The summed E-state index contributed by atoms with van der Waals surface area (Å²) in [6.45, 7) is 1.42. The van der Waals surface area contributed by atoms with Crippen molar-refractivity contribution in [2.24, 2.45) is 0 Å². The number of aliphatic hydroxyl groups excluding tert-OH is 1. The smallest absolute Gasteiger partial charge is 0.257 e. The van der Waals surface area contributed by atoms with Gasteiger partial charge in [-0.05, 0) is 24.6 Å². The van der Waals surface area contributed by atoms with Gasteiger partial charge in [0.05, 0.1) is 30.1 Å². The van der Waals surface area contributed by atoms with Gasteiger partial charge in [0.25, 0.3) is 11.5 Å². The highest BCUT2D eigenvalue weighted by Crippen LogP contribution is 2.36. The molecule has 3 aromatic rings. The number of nitrogens with zero attached hydrogens (tertiary/aromatic N) is 2. The maximum atomic E-state index is 13.1. The molecular weight excluding hydrogens is 358 g/mol. The van der Waals surface area contributed by atoms with E-state index in [4.69, 9.17) is 4.98 Å². The first-order valence-corrected chi connectivity index (χ1v) is 9.16. The zero-order valence-corrected chi connectivity index (χ0v) is 15.7. The normalized spacial score (nSPS) is 14.4. The fourth-order valence-corrected chi connectivity index (χ4v) is 3.92. The van der Waals surface area contributed by atoms with E-state index in [1.807, 2.05) is 30.3 Å². The van der Waals surface area contributed by atoms with Gasteiger partial charge in [0, 0.05) is 29.1 Å². The molecule has 0 aliphatic carbocycles. The van der Waals surface area contributed by atoms with Crippen LogP contribution < -0.4 is 10.9 Å². The van der Waals surface area contributed by atoms with Crippen molar-refractivity contribution in [2.45, 2.75) is 32.1 Å². The lowest BCUT2D eigenvalue weighted by Crippen LogP contribution is -2.44. The molecule has 3 heterocycles. The number of carbonyl (C=O) groups is 1. The standard InChI is InChI=1S/C21H21N3O4/c1-3-21(28,20(27)22-2)15-9-17-18-13(10-24(17)19(26)14(15)11-25)8-12-6-4-5-7-16(12)23-18/h4-9,25,28H,3,10-11H2,1-2H3,(H,22,27)/t21-/m0/s1. The average Bonchev–Trinajstić information content (AvgIpc) is 3.08. The molecular formula is C21H21N3O4. The van der Waals surface area contributed by atoms with E-state index in [1.54, 1.807) is 13.0 Å². The summed E-state index contributed by atoms with van der Waals surface area (Å²) in [7, 11) is 1.42. The van der Waals surface area contributed by atoms with Crippen molar-refractivity contribution in [1.29, 1.82) is 0 Å². The SMILES string of the molecule is CC[C@@](O)(C(=O)NC)c1cc2n(c(=O)c1CO)Cc1cc3ccccc3nc1-2. The van der Waals surface area contributed by atoms with Gasteiger partial charge in [0.1, 0.15) is 0 Å². The van der Waals surface area contributed by atoms with Crippen molar-refractivity contribution in [2.75, 3.05) is 7.05 Å². The molecule has 1 aliphatic heterocycles. The molecule has 0 unspecified atom stereocenters. The molecule has 3 N–H and O–H groups in total. The van der Waals surface area contributed by atoms with Crippen LogP contribution in [0, 0.1) is 0 Å². The van der Waals surface area contributed by atoms with Gasteiger partial charge >= 0.3 is 0 Å². The van der Waals surface area contributed by atoms with E-state index in [-0.39, 0.29) is 17.5 Å². The number of aliphatic hydroxyl groups is 2. The first-order chi connectivity index (χ1) is 13.4. The largest absolute Gasteiger partial charge is 0.391 e. The van der Waals surface area contributed by atoms with E-state index < -0.39 is 23.7 Å². The Morgan fingerprint density at radius 1 is 1.32 bits per heavy atom. The Morgan fingerprint density at radius 3 is 2.75 bits per heavy atom. The van der Waals surface area contributed by atoms with Crippen molar-refractivity contribution in [3.05, 3.63) is 63.4 Å². The lowest BCUT2D eigenvalue weighted by molar-refractivity contribution is -0.140. The molecule has 1 aromatic carbocycles. The minimum atomic E-state index is -1.92. The third-order valence-corrected chi connectivity index (χ3v) is 5.49. The minimum Gasteiger partial charge on any atom is -0.391 e. The fraction of sp³-hybridized carbons (Fsp3) is 0.286. The third kappa shape index (κ3) is 2.47. The van der Waals surface area contributed by atoms with Crippen LogP contribution in [0.4, 0.5) is 0 Å². The topological polar surface area (TPSA) is 104 Å². The van der Waals surface area contributed by atoms with Gasteiger partial charge in [0.2, 0.25) is 0 Å². The summed E-state index contributed by atoms with van der Waals surface area (Å²) in [4.78, 5) is 30.2. The lowest BCUT2D eigenvalue weighted by Gasteiger charge is -2.27. The number of hydrogen-bond donors (Lipinski definition) is 3. The molecule has 0 saturated heterocycles. The maximum absolute atomic E-state index is 13.1. The Morgan fingerprint density at radius 2 is 2.07 bits per heavy atom. The van der Waals surface area contributed by atoms with Crippen molar-refractivity contribution in [1.82, 2.24) is 14.9 Å². The quantitative estimate of drug-likeness (QED) is 0.495. The van der Waals surface area contributed by atoms with Crippen molar-refractivity contribution in [3.63, 3.8) is 0 Å². The van der Waals surface area contributed by atoms with Gasteiger partial charge in [-0.3, -0.25) is 9.59 Å². The van der Waals surface area contributed by atoms with Crippen molar-refractivity contribution in [3.8, 4) is 11.4 Å². The molecule has 1 atom stereocenters. The first-order valence-electron chi connectivity index (χ1n) is 9.16. The van der Waals surface area contributed by atoms with Gasteiger partial charge in [-0.1, -0.05) is 25.1 Å². The Balaban J connectivity index is 2.02. The monoisotopic (exact) mass is 379 g/mol. The summed E-state index contributed by atoms with van der Waals surface area (Å²) < 4.78 is 1.53. The minimum absolute atomic E-state index is 0.0223. The van der Waals surface area contributed by atoms with Crippen LogP contribution in [-0.2, 0) is 23.5 Å². The second-order valence-electron chi connectivity index (χ2n) is 6.95. The number of aromatic nitrogens is 2. The van der Waals surface area contributed by atoms with Gasteiger partial charge < -0.3 is 20.1 Å². The van der Waals surface area contributed by atoms with Crippen LogP contribution in [0.1, 0.15) is 30.0 Å². The second kappa shape index (κ2) is 6.54. The van der Waals surface area contributed by atoms with E-state index in [0.717, 1.165) is 16.5 Å². The molecule has 2 aromatic heterocycles. The molecule has 7 heteroatoms. The van der Waals surface area contributed by atoms with E-state index in [9.17, 15) is 19.8 Å². The fourth-order valence-electron chi connectivity index (χ4n) is 3.92. The summed E-state index contributed by atoms with van der Waals surface area (Å²) in [6, 6.07) is 11.3. The number of amides is 1. The summed E-state index contributed by atoms with van der Waals surface area (Å²) >= 11 is 0. The molecule has 28 heavy (non-hydrogen) atoms. The highest BCUT2D eigenvalue weighted by molar-refractivity contribution is 5.88. The highest BCUT2D eigenvalue weighted by Gasteiger charge is 2.40. The molecule has 0 bridgehead atoms. The number of para-hydroxylation sites is 1. The maximum Gasteiger partial charge on any atom is 0.257 e. The molecule has 1 aliphatic rings. The van der Waals surface area contributed by atoms with Crippen LogP contribution in [0.25, 0.3) is 22.3 Å². The van der Waals surface area contributed by atoms with Gasteiger partial charge in [-0.2, -0.15) is 0 Å². The van der Waals surface area contributed by atoms with E-state index in [1.165, 1.54) is 11.6 Å². The van der Waals surface area contributed by atoms with Crippen LogP contribution in [-0.4, -0.2) is 32.7 Å². The van der Waals surface area contributed by atoms with Crippen LogP contribution in [0.2, 0.25) is 0 Å². The zero-order chi connectivity index (χ0) is 20.1. The molecule has 1 amide bonds. The van der Waals surface area contributed by atoms with Gasteiger partial charge in [0.15, 0.2) is 5.60 Å². The number of nitrogens with one attached hydrogen (secondary N) is 1. The Kier molecular flexibility index (Phi) is 4.28. The van der Waals surface area contributed by atoms with Crippen molar-refractivity contribution >= 4 is 16.8 Å². The zero-order valence-electron chi connectivity index (χ0n) is 15.7. The predicted molar refractivity (Wildman–Crippen MR) is 105 cm³/mol. The molecule has 4 rings (SSSR count). The van der Waals surface area contributed by atoms with Crippen molar-refractivity contribution < 1.29 is 15.0 Å². The number of carbonyl (C=O) groups excluding carboxylic acids is 1. The highest BCUT2D eigenvalue weighted by atomic mass is 16.3. The predicted octanol–water partition coefficient (Wildman–Crippen LogP) is 1.26. The lowest BCUT2D eigenvalue weighted by atomic mass is 9.86. The molecule has 0 spiro atoms. The van der Waals surface area contributed by atoms with E-state index in [2.05, 4.69) is 5.32 Å². The summed E-state index contributed by atoms with van der Waals surface area (Å²) in [5.74, 6) is -0.626. The second-order valence-corrected chi connectivity index (χ2v) is 6.95. The van der Waals surface area contributed by atoms with E-state index >= 15 is 0 Å². The van der Waals surface area contributed by atoms with Crippen LogP contribution in [0.3, 0.4) is 0 Å². The van der Waals surface area contributed by atoms with E-state index in [0.29, 0.717) is 17.9 Å². The number of likely N-dealkylation sites (N-methyl/N-ethyl adjacent to an activating group) is 1. The summed E-state index contributed by atoms with van der Waals surface area (Å²) in [5, 5.41) is 24.3. The number of benzene rings is 1. The number of rotatable bonds is 4. The Labute approximate surface area is 161 Å². The summed E-state index contributed by atoms with van der Waals surface area (Å²) in [6.07, 6.45) is 0.0561. The summed E-state index contributed by atoms with van der Waals surface area (Å²) in [5.41, 5.74) is 0.675. The van der Waals surface area contributed by atoms with Crippen LogP contribution in [0.15, 0.2) is 41.2 Å². The molecule has 7 nitrogen and oxygen atoms in total. The molecule has 0 saturated carbocycles.